The molecule has 9 nitrogen and oxygen atoms in total. The third-order valence-corrected chi connectivity index (χ3v) is 8.62. The van der Waals surface area contributed by atoms with Crippen LogP contribution in [0.5, 0.6) is 0 Å². The van der Waals surface area contributed by atoms with Crippen LogP contribution in [0.25, 0.3) is 0 Å². The molecule has 3 aromatic rings. The zero-order valence-electron chi connectivity index (χ0n) is 21.0. The van der Waals surface area contributed by atoms with Crippen molar-refractivity contribution in [3.05, 3.63) is 83.6 Å². The molecule has 0 aliphatic carbocycles. The number of amides is 1. The molecule has 15 heteroatoms. The highest BCUT2D eigenvalue weighted by molar-refractivity contribution is 7.10. The molecular weight excluding hydrogens is 608 g/mol. The minimum Gasteiger partial charge on any atom is -0.477 e. The number of hydrogen-bond acceptors (Lipinski definition) is 7. The van der Waals surface area contributed by atoms with Crippen LogP contribution in [0, 0.1) is 0 Å². The number of likely N-dealkylation sites (tertiary alicyclic amines) is 1. The highest BCUT2D eigenvalue weighted by Crippen LogP contribution is 2.39. The van der Waals surface area contributed by atoms with Crippen molar-refractivity contribution in [2.75, 3.05) is 13.1 Å². The van der Waals surface area contributed by atoms with Gasteiger partial charge in [-0.2, -0.15) is 13.2 Å². The molecule has 2 aliphatic heterocycles. The van der Waals surface area contributed by atoms with Crippen LogP contribution in [-0.4, -0.2) is 50.2 Å². The van der Waals surface area contributed by atoms with Gasteiger partial charge >= 0.3 is 12.1 Å². The van der Waals surface area contributed by atoms with Crippen LogP contribution < -0.4 is 5.56 Å². The first kappa shape index (κ1) is 29.1. The first-order valence-electron chi connectivity index (χ1n) is 12.4. The van der Waals surface area contributed by atoms with E-state index in [0.29, 0.717) is 70.1 Å². The van der Waals surface area contributed by atoms with Crippen LogP contribution in [0.1, 0.15) is 63.5 Å². The van der Waals surface area contributed by atoms with E-state index in [4.69, 9.17) is 38.1 Å². The van der Waals surface area contributed by atoms with Gasteiger partial charge in [0.25, 0.3) is 5.56 Å². The second-order valence-electron chi connectivity index (χ2n) is 9.58. The fourth-order valence-corrected chi connectivity index (χ4v) is 6.43. The van der Waals surface area contributed by atoms with Crippen molar-refractivity contribution in [2.24, 2.45) is 5.16 Å². The third-order valence-electron chi connectivity index (χ3n) is 6.95. The van der Waals surface area contributed by atoms with Crippen LogP contribution in [0.15, 0.2) is 45.8 Å². The monoisotopic (exact) mass is 628 g/mol. The van der Waals surface area contributed by atoms with Gasteiger partial charge in [0.2, 0.25) is 5.91 Å². The first-order chi connectivity index (χ1) is 19.4. The summed E-state index contributed by atoms with van der Waals surface area (Å²) in [5.41, 5.74) is -1.56. The lowest BCUT2D eigenvalue weighted by Gasteiger charge is -2.31. The molecule has 2 aliphatic rings. The molecule has 0 bridgehead atoms. The minimum atomic E-state index is -4.88. The molecular formula is C26H21Cl2F3N4O5S. The number of hydrogen-bond donors (Lipinski definition) is 1. The quantitative estimate of drug-likeness (QED) is 0.380. The van der Waals surface area contributed by atoms with Gasteiger partial charge in [-0.1, -0.05) is 34.4 Å². The normalized spacial score (nSPS) is 17.8. The van der Waals surface area contributed by atoms with Crippen LogP contribution in [-0.2, 0) is 22.4 Å². The molecule has 216 valence electrons. The predicted molar refractivity (Wildman–Crippen MR) is 145 cm³/mol. The van der Waals surface area contributed by atoms with Gasteiger partial charge < -0.3 is 19.4 Å². The molecule has 1 saturated heterocycles. The number of carbonyl (C=O) groups excluding carboxylic acids is 1. The molecule has 1 N–H and O–H groups in total. The molecule has 5 rings (SSSR count). The zero-order valence-corrected chi connectivity index (χ0v) is 23.4. The predicted octanol–water partition coefficient (Wildman–Crippen LogP) is 5.60. The Hall–Kier alpha value is -3.42. The van der Waals surface area contributed by atoms with Gasteiger partial charge in [0.1, 0.15) is 17.8 Å². The lowest BCUT2D eigenvalue weighted by molar-refractivity contribution is -0.139. The van der Waals surface area contributed by atoms with Crippen LogP contribution in [0.4, 0.5) is 13.2 Å². The van der Waals surface area contributed by atoms with Gasteiger partial charge in [-0.15, -0.1) is 11.3 Å². The topological polar surface area (TPSA) is 114 Å². The minimum absolute atomic E-state index is 0.0458. The van der Waals surface area contributed by atoms with Crippen molar-refractivity contribution >= 4 is 52.1 Å². The lowest BCUT2D eigenvalue weighted by Crippen LogP contribution is -2.41. The van der Waals surface area contributed by atoms with E-state index in [2.05, 4.69) is 5.16 Å². The Kier molecular flexibility index (Phi) is 8.13. The van der Waals surface area contributed by atoms with Crippen molar-refractivity contribution in [3.63, 3.8) is 0 Å². The number of thiazole rings is 1. The summed E-state index contributed by atoms with van der Waals surface area (Å²) < 4.78 is 40.2. The summed E-state index contributed by atoms with van der Waals surface area (Å²) in [7, 11) is 0. The average molecular weight is 629 g/mol. The van der Waals surface area contributed by atoms with Crippen LogP contribution >= 0.6 is 34.5 Å². The number of pyridine rings is 1. The van der Waals surface area contributed by atoms with E-state index in [1.165, 1.54) is 16.2 Å². The molecule has 41 heavy (non-hydrogen) atoms. The standard InChI is InChI=1S/C26H21Cl2F3N4O5S/c27-16-2-1-3-17(28)22(16)20-9-18(33-40-20)19-12-41-23(32-19)13-4-6-34(7-5-13)21(36)11-35-10-14(26(29,30)31)8-15(24(35)37)25(38)39/h1-3,8,10,12-13,20H,4-7,9,11H2,(H,38,39). The van der Waals surface area contributed by atoms with Gasteiger partial charge in [0.15, 0.2) is 6.10 Å². The fraction of sp³-hybridized carbons (Fsp3) is 0.346. The number of oxime groups is 1. The zero-order chi connectivity index (χ0) is 29.5. The first-order valence-corrected chi connectivity index (χ1v) is 14.0. The second-order valence-corrected chi connectivity index (χ2v) is 11.3. The maximum Gasteiger partial charge on any atom is 0.417 e. The Balaban J connectivity index is 1.21. The van der Waals surface area contributed by atoms with Crippen molar-refractivity contribution in [1.29, 1.82) is 0 Å². The number of carboxylic acid groups (broad SMARTS) is 1. The molecule has 0 saturated carbocycles. The Morgan fingerprint density at radius 3 is 2.49 bits per heavy atom. The highest BCUT2D eigenvalue weighted by Gasteiger charge is 2.34. The summed E-state index contributed by atoms with van der Waals surface area (Å²) >= 11 is 14.1. The van der Waals surface area contributed by atoms with Crippen molar-refractivity contribution in [1.82, 2.24) is 14.5 Å². The number of alkyl halides is 3. The van der Waals surface area contributed by atoms with E-state index in [1.807, 2.05) is 5.38 Å². The number of benzene rings is 1. The number of piperidine rings is 1. The Morgan fingerprint density at radius 2 is 1.85 bits per heavy atom. The average Bonchev–Trinajstić information content (AvgIpc) is 3.59. The van der Waals surface area contributed by atoms with Crippen molar-refractivity contribution < 1.29 is 32.7 Å². The van der Waals surface area contributed by atoms with E-state index >= 15 is 0 Å². The molecule has 2 aromatic heterocycles. The summed E-state index contributed by atoms with van der Waals surface area (Å²) in [4.78, 5) is 48.3. The van der Waals surface area contributed by atoms with E-state index in [0.717, 1.165) is 5.01 Å². The van der Waals surface area contributed by atoms with E-state index < -0.39 is 47.4 Å². The van der Waals surface area contributed by atoms with E-state index in [9.17, 15) is 27.6 Å². The summed E-state index contributed by atoms with van der Waals surface area (Å²) in [5, 5.41) is 17.0. The van der Waals surface area contributed by atoms with Crippen LogP contribution in [0.2, 0.25) is 10.0 Å². The molecule has 0 spiro atoms. The third kappa shape index (κ3) is 6.11. The largest absolute Gasteiger partial charge is 0.477 e. The molecule has 1 aromatic carbocycles. The molecule has 1 fully saturated rings. The lowest BCUT2D eigenvalue weighted by atomic mass is 9.97. The fourth-order valence-electron chi connectivity index (χ4n) is 4.79. The van der Waals surface area contributed by atoms with Crippen molar-refractivity contribution in [2.45, 2.75) is 44.0 Å². The summed E-state index contributed by atoms with van der Waals surface area (Å²) in [6, 6.07) is 5.48. The van der Waals surface area contributed by atoms with Gasteiger partial charge in [0.05, 0.1) is 16.3 Å². The number of rotatable bonds is 6. The van der Waals surface area contributed by atoms with E-state index in [1.54, 1.807) is 18.2 Å². The number of halogens is 5. The van der Waals surface area contributed by atoms with Gasteiger partial charge in [-0.25, -0.2) is 9.78 Å². The number of aromatic nitrogens is 2. The van der Waals surface area contributed by atoms with Gasteiger partial charge in [0, 0.05) is 52.6 Å². The molecule has 0 radical (unpaired) electrons. The maximum atomic E-state index is 13.2. The summed E-state index contributed by atoms with van der Waals surface area (Å²) in [5.74, 6) is -2.34. The Morgan fingerprint density at radius 1 is 1.17 bits per heavy atom. The second kappa shape index (κ2) is 11.5. The number of carbonyl (C=O) groups is 2. The maximum absolute atomic E-state index is 13.2. The van der Waals surface area contributed by atoms with Gasteiger partial charge in [-0.05, 0) is 31.0 Å². The smallest absolute Gasteiger partial charge is 0.417 e. The van der Waals surface area contributed by atoms with Gasteiger partial charge in [-0.3, -0.25) is 9.59 Å². The van der Waals surface area contributed by atoms with E-state index in [-0.39, 0.29) is 12.0 Å². The van der Waals surface area contributed by atoms with Crippen molar-refractivity contribution in [3.8, 4) is 0 Å². The van der Waals surface area contributed by atoms with Crippen LogP contribution in [0.3, 0.4) is 0 Å². The Labute approximate surface area is 244 Å². The SMILES string of the molecule is O=C(O)c1cc(C(F)(F)F)cn(CC(=O)N2CCC(c3nc(C4=NOC(c5c(Cl)cccc5Cl)C4)cs3)CC2)c1=O. The molecule has 1 amide bonds. The highest BCUT2D eigenvalue weighted by atomic mass is 35.5. The molecule has 1 atom stereocenters. The summed E-state index contributed by atoms with van der Waals surface area (Å²) in [6.07, 6.45) is -3.29. The summed E-state index contributed by atoms with van der Waals surface area (Å²) in [6.45, 7) is -0.102. The number of aromatic carboxylic acids is 1. The molecule has 1 unspecified atom stereocenters. The Bertz CT molecular complexity index is 1580. The number of carboxylic acids is 1. The number of nitrogens with zero attached hydrogens (tertiary/aromatic N) is 4. The molecule has 4 heterocycles.